The number of rotatable bonds is 5. The summed E-state index contributed by atoms with van der Waals surface area (Å²) in [4.78, 5) is 6.74. The number of aromatic nitrogens is 2. The van der Waals surface area contributed by atoms with Crippen molar-refractivity contribution in [3.05, 3.63) is 77.4 Å². The highest BCUT2D eigenvalue weighted by Crippen LogP contribution is 2.29. The summed E-state index contributed by atoms with van der Waals surface area (Å²) in [5.74, 6) is 1.16. The van der Waals surface area contributed by atoms with Crippen molar-refractivity contribution in [3.8, 4) is 0 Å². The van der Waals surface area contributed by atoms with Crippen LogP contribution in [-0.4, -0.2) is 16.2 Å². The molecule has 1 aliphatic rings. The van der Waals surface area contributed by atoms with Crippen LogP contribution in [-0.2, 0) is 25.9 Å². The van der Waals surface area contributed by atoms with Gasteiger partial charge in [0, 0.05) is 11.7 Å². The van der Waals surface area contributed by atoms with Crippen molar-refractivity contribution in [2.75, 3.05) is 4.90 Å². The lowest BCUT2D eigenvalue weighted by atomic mass is 10.1. The Labute approximate surface area is 153 Å². The van der Waals surface area contributed by atoms with Crippen LogP contribution in [0.3, 0.4) is 0 Å². The Hall–Kier alpha value is -2.37. The molecular formula is C19H21ClN4O. The maximum atomic E-state index is 5.57. The Morgan fingerprint density at radius 1 is 1.00 bits per heavy atom. The largest absolute Gasteiger partial charge is 0.360 e. The normalized spacial score (nSPS) is 13.3. The first-order valence-corrected chi connectivity index (χ1v) is 8.23. The third-order valence-electron chi connectivity index (χ3n) is 4.55. The van der Waals surface area contributed by atoms with Gasteiger partial charge in [0.1, 0.15) is 0 Å². The molecule has 0 saturated heterocycles. The molecule has 0 unspecified atom stereocenters. The van der Waals surface area contributed by atoms with Gasteiger partial charge in [-0.05, 0) is 36.1 Å². The summed E-state index contributed by atoms with van der Waals surface area (Å²) in [6.45, 7) is 0.888. The summed E-state index contributed by atoms with van der Waals surface area (Å²) >= 11 is 0. The van der Waals surface area contributed by atoms with Crippen LogP contribution in [0, 0.1) is 0 Å². The molecule has 0 amide bonds. The van der Waals surface area contributed by atoms with Crippen LogP contribution >= 0.6 is 12.4 Å². The standard InChI is InChI=1S/C19H20N4O.ClH/c20-12-19-21-18(22-24-19)13-23(16-8-2-1-3-9-16)17-10-14-6-4-5-7-15(14)11-17;/h1-9,17H,10-13,20H2;1H. The average Bonchev–Trinajstić information content (AvgIpc) is 3.26. The zero-order chi connectivity index (χ0) is 16.4. The molecule has 0 saturated carbocycles. The highest BCUT2D eigenvalue weighted by molar-refractivity contribution is 5.85. The summed E-state index contributed by atoms with van der Waals surface area (Å²) in [7, 11) is 0. The molecule has 4 rings (SSSR count). The van der Waals surface area contributed by atoms with E-state index in [1.54, 1.807) is 0 Å². The minimum absolute atomic E-state index is 0. The van der Waals surface area contributed by atoms with Gasteiger partial charge in [-0.25, -0.2) is 0 Å². The fourth-order valence-electron chi connectivity index (χ4n) is 3.40. The van der Waals surface area contributed by atoms with E-state index in [9.17, 15) is 0 Å². The van der Waals surface area contributed by atoms with Crippen LogP contribution in [0.1, 0.15) is 22.8 Å². The molecule has 1 aromatic heterocycles. The number of nitrogens with two attached hydrogens (primary N) is 1. The molecule has 2 aromatic carbocycles. The molecule has 5 nitrogen and oxygen atoms in total. The molecule has 25 heavy (non-hydrogen) atoms. The summed E-state index contributed by atoms with van der Waals surface area (Å²) in [6, 6.07) is 19.5. The molecule has 2 N–H and O–H groups in total. The quantitative estimate of drug-likeness (QED) is 0.760. The van der Waals surface area contributed by atoms with Crippen molar-refractivity contribution < 1.29 is 4.52 Å². The second-order valence-corrected chi connectivity index (χ2v) is 6.10. The van der Waals surface area contributed by atoms with E-state index < -0.39 is 0 Å². The molecule has 0 spiro atoms. The predicted molar refractivity (Wildman–Crippen MR) is 99.7 cm³/mol. The lowest BCUT2D eigenvalue weighted by Gasteiger charge is -2.30. The van der Waals surface area contributed by atoms with Crippen LogP contribution in [0.5, 0.6) is 0 Å². The first kappa shape index (κ1) is 17.5. The molecule has 130 valence electrons. The molecular weight excluding hydrogens is 336 g/mol. The van der Waals surface area contributed by atoms with E-state index in [1.807, 2.05) is 6.07 Å². The molecule has 6 heteroatoms. The van der Waals surface area contributed by atoms with E-state index in [4.69, 9.17) is 10.3 Å². The summed E-state index contributed by atoms with van der Waals surface area (Å²) in [5.41, 5.74) is 9.61. The zero-order valence-corrected chi connectivity index (χ0v) is 14.7. The molecule has 3 aromatic rings. The van der Waals surface area contributed by atoms with Gasteiger partial charge in [0.25, 0.3) is 0 Å². The Morgan fingerprint density at radius 3 is 2.24 bits per heavy atom. The van der Waals surface area contributed by atoms with Crippen molar-refractivity contribution >= 4 is 18.1 Å². The number of fused-ring (bicyclic) bond motifs is 1. The molecule has 1 aliphatic carbocycles. The topological polar surface area (TPSA) is 68.2 Å². The molecule has 0 radical (unpaired) electrons. The minimum Gasteiger partial charge on any atom is -0.360 e. The summed E-state index contributed by atoms with van der Waals surface area (Å²) in [6.07, 6.45) is 2.07. The average molecular weight is 357 g/mol. The first-order chi connectivity index (χ1) is 11.8. The third-order valence-corrected chi connectivity index (χ3v) is 4.55. The van der Waals surface area contributed by atoms with E-state index in [2.05, 4.69) is 63.6 Å². The van der Waals surface area contributed by atoms with Gasteiger partial charge in [0.2, 0.25) is 5.89 Å². The number of nitrogens with zero attached hydrogens (tertiary/aromatic N) is 3. The van der Waals surface area contributed by atoms with Gasteiger partial charge in [-0.2, -0.15) is 4.98 Å². The Balaban J connectivity index is 0.00000182. The van der Waals surface area contributed by atoms with Crippen molar-refractivity contribution in [1.82, 2.24) is 10.1 Å². The molecule has 0 fully saturated rings. The van der Waals surface area contributed by atoms with Crippen molar-refractivity contribution in [3.63, 3.8) is 0 Å². The summed E-state index contributed by atoms with van der Waals surface area (Å²) < 4.78 is 5.16. The number of anilines is 1. The van der Waals surface area contributed by atoms with Gasteiger partial charge in [-0.3, -0.25) is 0 Å². The van der Waals surface area contributed by atoms with Crippen molar-refractivity contribution in [2.45, 2.75) is 32.0 Å². The van der Waals surface area contributed by atoms with Crippen LogP contribution < -0.4 is 10.6 Å². The minimum atomic E-state index is 0. The predicted octanol–water partition coefficient (Wildman–Crippen LogP) is 3.12. The fraction of sp³-hybridized carbons (Fsp3) is 0.263. The van der Waals surface area contributed by atoms with Crippen LogP contribution in [0.25, 0.3) is 0 Å². The maximum absolute atomic E-state index is 5.57. The monoisotopic (exact) mass is 356 g/mol. The van der Waals surface area contributed by atoms with E-state index >= 15 is 0 Å². The fourth-order valence-corrected chi connectivity index (χ4v) is 3.40. The maximum Gasteiger partial charge on any atom is 0.240 e. The number of para-hydroxylation sites is 1. The second-order valence-electron chi connectivity index (χ2n) is 6.10. The highest BCUT2D eigenvalue weighted by atomic mass is 35.5. The first-order valence-electron chi connectivity index (χ1n) is 8.23. The molecule has 0 aliphatic heterocycles. The van der Waals surface area contributed by atoms with Crippen molar-refractivity contribution in [2.24, 2.45) is 5.73 Å². The lowest BCUT2D eigenvalue weighted by molar-refractivity contribution is 0.373. The number of benzene rings is 2. The Kier molecular flexibility index (Phi) is 5.36. The van der Waals surface area contributed by atoms with Crippen molar-refractivity contribution in [1.29, 1.82) is 0 Å². The van der Waals surface area contributed by atoms with E-state index in [0.29, 0.717) is 24.3 Å². The van der Waals surface area contributed by atoms with Gasteiger partial charge >= 0.3 is 0 Å². The number of hydrogen-bond donors (Lipinski definition) is 1. The van der Waals surface area contributed by atoms with E-state index in [1.165, 1.54) is 16.8 Å². The SMILES string of the molecule is Cl.NCc1nc(CN(c2ccccc2)C2Cc3ccccc3C2)no1. The van der Waals surface area contributed by atoms with E-state index in [0.717, 1.165) is 12.8 Å². The van der Waals surface area contributed by atoms with E-state index in [-0.39, 0.29) is 19.0 Å². The Morgan fingerprint density at radius 2 is 1.64 bits per heavy atom. The summed E-state index contributed by atoms with van der Waals surface area (Å²) in [5, 5.41) is 4.07. The van der Waals surface area contributed by atoms with Gasteiger partial charge in [-0.15, -0.1) is 12.4 Å². The molecule has 0 atom stereocenters. The second kappa shape index (κ2) is 7.68. The van der Waals surface area contributed by atoms with Crippen LogP contribution in [0.2, 0.25) is 0 Å². The van der Waals surface area contributed by atoms with Gasteiger partial charge in [0.15, 0.2) is 5.82 Å². The lowest BCUT2D eigenvalue weighted by Crippen LogP contribution is -2.35. The van der Waals surface area contributed by atoms with Crippen LogP contribution in [0.4, 0.5) is 5.69 Å². The molecule has 0 bridgehead atoms. The smallest absolute Gasteiger partial charge is 0.240 e. The highest BCUT2D eigenvalue weighted by Gasteiger charge is 2.28. The van der Waals surface area contributed by atoms with Gasteiger partial charge in [0.05, 0.1) is 13.1 Å². The van der Waals surface area contributed by atoms with Gasteiger partial charge < -0.3 is 15.2 Å². The zero-order valence-electron chi connectivity index (χ0n) is 13.8. The number of halogens is 1. The molecule has 1 heterocycles. The third kappa shape index (κ3) is 3.67. The Bertz CT molecular complexity index is 796. The van der Waals surface area contributed by atoms with Crippen LogP contribution in [0.15, 0.2) is 59.1 Å². The van der Waals surface area contributed by atoms with Gasteiger partial charge in [-0.1, -0.05) is 47.6 Å². The number of hydrogen-bond acceptors (Lipinski definition) is 5.